The van der Waals surface area contributed by atoms with Crippen molar-refractivity contribution in [3.63, 3.8) is 0 Å². The number of esters is 1. The van der Waals surface area contributed by atoms with Crippen molar-refractivity contribution in [3.8, 4) is 0 Å². The van der Waals surface area contributed by atoms with E-state index in [-0.39, 0.29) is 25.1 Å². The lowest BCUT2D eigenvalue weighted by atomic mass is 10.0. The molecule has 0 aromatic carbocycles. The van der Waals surface area contributed by atoms with Crippen molar-refractivity contribution >= 4 is 19.7 Å². The summed E-state index contributed by atoms with van der Waals surface area (Å²) in [5.41, 5.74) is 0. The fraction of sp³-hybridized carbons (Fsp3) is 0.787. The van der Waals surface area contributed by atoms with Crippen LogP contribution < -0.4 is 5.32 Å². The highest BCUT2D eigenvalue weighted by Crippen LogP contribution is 2.43. The molecule has 3 atom stereocenters. The molecule has 3 unspecified atom stereocenters. The second-order valence-corrected chi connectivity index (χ2v) is 26.8. The lowest BCUT2D eigenvalue weighted by molar-refractivity contribution is -0.870. The highest BCUT2D eigenvalue weighted by molar-refractivity contribution is 7.47. The Hall–Kier alpha value is -2.81. The van der Waals surface area contributed by atoms with Gasteiger partial charge in [0.1, 0.15) is 19.3 Å². The number of nitrogens with one attached hydrogen (secondary N) is 1. The van der Waals surface area contributed by atoms with E-state index in [9.17, 15) is 19.0 Å². The zero-order valence-electron chi connectivity index (χ0n) is 56.6. The number of phosphoric ester groups is 1. The van der Waals surface area contributed by atoms with Crippen LogP contribution in [0.25, 0.3) is 0 Å². The molecule has 9 nitrogen and oxygen atoms in total. The van der Waals surface area contributed by atoms with E-state index in [0.29, 0.717) is 23.9 Å². The van der Waals surface area contributed by atoms with Crippen LogP contribution in [0.5, 0.6) is 0 Å². The van der Waals surface area contributed by atoms with Gasteiger partial charge < -0.3 is 19.4 Å². The van der Waals surface area contributed by atoms with E-state index in [1.54, 1.807) is 0 Å². The quantitative estimate of drug-likeness (QED) is 0.0205. The number of carbonyl (C=O) groups excluding carboxylic acids is 2. The van der Waals surface area contributed by atoms with Gasteiger partial charge in [0.05, 0.1) is 33.8 Å². The number of nitrogens with zero attached hydrogens (tertiary/aromatic N) is 1. The highest BCUT2D eigenvalue weighted by Gasteiger charge is 2.30. The summed E-state index contributed by atoms with van der Waals surface area (Å²) in [5, 5.41) is 3.07. The maximum absolute atomic E-state index is 13.6. The number of hydrogen-bond donors (Lipinski definition) is 2. The monoisotopic (exact) mass is 1210 g/mol. The van der Waals surface area contributed by atoms with Gasteiger partial charge in [0.15, 0.2) is 0 Å². The molecule has 0 aliphatic rings. The summed E-state index contributed by atoms with van der Waals surface area (Å²) in [7, 11) is 1.49. The van der Waals surface area contributed by atoms with E-state index in [2.05, 4.69) is 99.0 Å². The summed E-state index contributed by atoms with van der Waals surface area (Å²) >= 11 is 0. The summed E-state index contributed by atoms with van der Waals surface area (Å²) in [6, 6.07) is -0.856. The minimum absolute atomic E-state index is 0.0370. The molecule has 0 saturated carbocycles. The molecule has 0 spiro atoms. The minimum Gasteiger partial charge on any atom is -0.456 e. The minimum atomic E-state index is -4.46. The third-order valence-corrected chi connectivity index (χ3v) is 16.8. The first kappa shape index (κ1) is 82.2. The second-order valence-electron chi connectivity index (χ2n) is 25.4. The Bertz CT molecular complexity index is 1730. The number of phosphoric acid groups is 1. The Labute approximate surface area is 526 Å². The molecule has 0 saturated heterocycles. The number of rotatable bonds is 65. The van der Waals surface area contributed by atoms with Gasteiger partial charge in [-0.05, 0) is 83.1 Å². The van der Waals surface area contributed by atoms with Gasteiger partial charge in [-0.1, -0.05) is 318 Å². The van der Waals surface area contributed by atoms with E-state index in [1.165, 1.54) is 186 Å². The zero-order chi connectivity index (χ0) is 62.1. The standard InChI is InChI=1S/C75H137N2O7P/c1-7-10-13-16-19-22-25-28-30-32-34-35-36-37-38-39-40-41-43-44-46-49-52-55-58-61-64-67-74(78)76-72(71-83-85(80,81)82-70-69-77(4,5)6)73(66-63-60-57-54-51-48-27-24-21-18-15-12-9-3)84-75(79)68-65-62-59-56-53-50-47-45-42-33-31-29-26-23-20-17-14-11-8-2/h10,13,19,22,28,30,34-35,37-38,40-41,63,66,72-73H,7-9,11-12,14-18,20-21,23-27,29,31-33,36,39,42-62,64-65,67-71H2,1-6H3,(H-,76,78,80,81)/p+1/b13-10-,22-19-,30-28-,35-34-,38-37-,41-40-,66-63-. The van der Waals surface area contributed by atoms with Gasteiger partial charge in [0.25, 0.3) is 0 Å². The van der Waals surface area contributed by atoms with Crippen LogP contribution in [-0.2, 0) is 27.9 Å². The summed E-state index contributed by atoms with van der Waals surface area (Å²) in [6.45, 7) is 6.93. The topological polar surface area (TPSA) is 111 Å². The van der Waals surface area contributed by atoms with Crippen molar-refractivity contribution in [2.75, 3.05) is 40.9 Å². The first-order valence-electron chi connectivity index (χ1n) is 35.9. The highest BCUT2D eigenvalue weighted by atomic mass is 31.2. The van der Waals surface area contributed by atoms with Crippen molar-refractivity contribution in [2.24, 2.45) is 0 Å². The molecule has 0 heterocycles. The predicted octanol–water partition coefficient (Wildman–Crippen LogP) is 22.9. The Balaban J connectivity index is 5.10. The van der Waals surface area contributed by atoms with E-state index < -0.39 is 20.0 Å². The molecule has 494 valence electrons. The number of allylic oxidation sites excluding steroid dienone is 13. The largest absolute Gasteiger partial charge is 0.472 e. The maximum atomic E-state index is 13.6. The number of hydrogen-bond acceptors (Lipinski definition) is 6. The Morgan fingerprint density at radius 3 is 1.13 bits per heavy atom. The lowest BCUT2D eigenvalue weighted by Crippen LogP contribution is -2.47. The van der Waals surface area contributed by atoms with Crippen LogP contribution in [0.3, 0.4) is 0 Å². The van der Waals surface area contributed by atoms with Gasteiger partial charge in [0.2, 0.25) is 5.91 Å². The molecule has 2 N–H and O–H groups in total. The molecule has 0 fully saturated rings. The van der Waals surface area contributed by atoms with Crippen LogP contribution in [0.2, 0.25) is 0 Å². The summed E-state index contributed by atoms with van der Waals surface area (Å²) < 4.78 is 30.9. The number of carbonyl (C=O) groups is 2. The number of quaternary nitrogens is 1. The van der Waals surface area contributed by atoms with Gasteiger partial charge >= 0.3 is 13.8 Å². The molecule has 0 aliphatic heterocycles. The van der Waals surface area contributed by atoms with E-state index in [1.807, 2.05) is 33.3 Å². The van der Waals surface area contributed by atoms with Gasteiger partial charge in [0, 0.05) is 12.8 Å². The van der Waals surface area contributed by atoms with Gasteiger partial charge in [-0.15, -0.1) is 0 Å². The molecule has 1 amide bonds. The third kappa shape index (κ3) is 65.5. The van der Waals surface area contributed by atoms with E-state index in [0.717, 1.165) is 109 Å². The Morgan fingerprint density at radius 1 is 0.424 bits per heavy atom. The lowest BCUT2D eigenvalue weighted by Gasteiger charge is -2.27. The summed E-state index contributed by atoms with van der Waals surface area (Å²) in [4.78, 5) is 37.9. The average molecular weight is 1210 g/mol. The van der Waals surface area contributed by atoms with Crippen LogP contribution in [0.4, 0.5) is 0 Å². The molecule has 0 rings (SSSR count). The molecule has 85 heavy (non-hydrogen) atoms. The molecule has 0 aromatic rings. The molecular formula is C75H138N2O7P+. The second kappa shape index (κ2) is 64.2. The molecule has 0 radical (unpaired) electrons. The van der Waals surface area contributed by atoms with Gasteiger partial charge in [-0.2, -0.15) is 0 Å². The summed E-state index contributed by atoms with van der Waals surface area (Å²) in [6.07, 6.45) is 85.9. The van der Waals surface area contributed by atoms with Gasteiger partial charge in [-0.3, -0.25) is 18.6 Å². The van der Waals surface area contributed by atoms with Crippen molar-refractivity contribution in [3.05, 3.63) is 85.1 Å². The number of amides is 1. The van der Waals surface area contributed by atoms with E-state index >= 15 is 0 Å². The first-order valence-corrected chi connectivity index (χ1v) is 37.4. The molecule has 0 aliphatic carbocycles. The number of unbranched alkanes of at least 4 members (excludes halogenated alkanes) is 37. The fourth-order valence-electron chi connectivity index (χ4n) is 10.4. The smallest absolute Gasteiger partial charge is 0.456 e. The average Bonchev–Trinajstić information content (AvgIpc) is 3.53. The van der Waals surface area contributed by atoms with Crippen LogP contribution in [-0.4, -0.2) is 74.3 Å². The van der Waals surface area contributed by atoms with Crippen molar-refractivity contribution in [1.82, 2.24) is 5.32 Å². The van der Waals surface area contributed by atoms with Gasteiger partial charge in [-0.25, -0.2) is 4.57 Å². The Morgan fingerprint density at radius 2 is 0.753 bits per heavy atom. The van der Waals surface area contributed by atoms with Crippen LogP contribution in [0.1, 0.15) is 329 Å². The van der Waals surface area contributed by atoms with Crippen LogP contribution in [0.15, 0.2) is 85.1 Å². The SMILES string of the molecule is CC/C=C\C/C=C\C/C=C\C/C=C\C/C=C\C/C=C\CCCCCCCCCCC(=O)NC(COP(=O)(O)OCC[N+](C)(C)C)C(/C=C\CCCCCCCCCCCCC)OC(=O)CCCCCCCCCCCCCCCCCCCCC. The van der Waals surface area contributed by atoms with Crippen LogP contribution in [0, 0.1) is 0 Å². The Kier molecular flexibility index (Phi) is 62.1. The third-order valence-electron chi connectivity index (χ3n) is 15.8. The molecule has 0 bridgehead atoms. The number of likely N-dealkylation sites (N-methyl/N-ethyl adjacent to an activating group) is 1. The normalized spacial score (nSPS) is 14.0. The fourth-order valence-corrected chi connectivity index (χ4v) is 11.1. The maximum Gasteiger partial charge on any atom is 0.472 e. The molecule has 0 aromatic heterocycles. The molecular weight excluding hydrogens is 1070 g/mol. The van der Waals surface area contributed by atoms with E-state index in [4.69, 9.17) is 13.8 Å². The van der Waals surface area contributed by atoms with Crippen molar-refractivity contribution < 1.29 is 37.3 Å². The molecule has 10 heteroatoms. The van der Waals surface area contributed by atoms with Crippen molar-refractivity contribution in [1.29, 1.82) is 0 Å². The zero-order valence-corrected chi connectivity index (χ0v) is 57.5. The van der Waals surface area contributed by atoms with Crippen LogP contribution >= 0.6 is 7.82 Å². The predicted molar refractivity (Wildman–Crippen MR) is 369 cm³/mol. The van der Waals surface area contributed by atoms with Crippen molar-refractivity contribution in [2.45, 2.75) is 341 Å². The first-order chi connectivity index (χ1) is 41.4. The number of ether oxygens (including phenoxy) is 1. The summed E-state index contributed by atoms with van der Waals surface area (Å²) in [5.74, 6) is -0.504.